The summed E-state index contributed by atoms with van der Waals surface area (Å²) < 4.78 is 5.68. The molecule has 0 spiro atoms. The minimum absolute atomic E-state index is 0.377. The molecule has 3 rings (SSSR count). The van der Waals surface area contributed by atoms with E-state index < -0.39 is 0 Å². The van der Waals surface area contributed by atoms with Gasteiger partial charge in [0.2, 0.25) is 5.89 Å². The quantitative estimate of drug-likeness (QED) is 0.581. The number of halogens is 3. The van der Waals surface area contributed by atoms with Gasteiger partial charge in [-0.15, -0.1) is 11.6 Å². The van der Waals surface area contributed by atoms with Crippen molar-refractivity contribution in [2.24, 2.45) is 0 Å². The van der Waals surface area contributed by atoms with Gasteiger partial charge in [-0.3, -0.25) is 0 Å². The lowest BCUT2D eigenvalue weighted by molar-refractivity contribution is 0.620. The van der Waals surface area contributed by atoms with E-state index in [9.17, 15) is 0 Å². The Labute approximate surface area is 124 Å². The second-order valence-corrected chi connectivity index (χ2v) is 5.18. The van der Waals surface area contributed by atoms with Gasteiger partial charge < -0.3 is 4.42 Å². The largest absolute Gasteiger partial charge is 0.436 e. The maximum atomic E-state index is 6.13. The Morgan fingerprint density at radius 3 is 2.63 bits per heavy atom. The molecule has 1 heterocycles. The third-order valence-corrected chi connectivity index (χ3v) is 3.67. The molecule has 0 amide bonds. The van der Waals surface area contributed by atoms with Gasteiger partial charge in [-0.25, -0.2) is 4.98 Å². The highest BCUT2D eigenvalue weighted by Crippen LogP contribution is 2.29. The van der Waals surface area contributed by atoms with Crippen LogP contribution in [0, 0.1) is 0 Å². The summed E-state index contributed by atoms with van der Waals surface area (Å²) in [5.41, 5.74) is 3.11. The lowest BCUT2D eigenvalue weighted by atomic mass is 10.1. The van der Waals surface area contributed by atoms with Crippen molar-refractivity contribution in [3.05, 3.63) is 52.0 Å². The molecule has 0 saturated heterocycles. The smallest absolute Gasteiger partial charge is 0.227 e. The first kappa shape index (κ1) is 12.8. The summed E-state index contributed by atoms with van der Waals surface area (Å²) in [5, 5.41) is 1.23. The van der Waals surface area contributed by atoms with Crippen molar-refractivity contribution in [1.82, 2.24) is 4.98 Å². The van der Waals surface area contributed by atoms with Gasteiger partial charge in [0, 0.05) is 21.5 Å². The number of oxazole rings is 1. The number of nitrogens with zero attached hydrogens (tertiary/aromatic N) is 1. The van der Waals surface area contributed by atoms with E-state index in [2.05, 4.69) is 4.98 Å². The normalized spacial score (nSPS) is 11.1. The van der Waals surface area contributed by atoms with Gasteiger partial charge in [-0.1, -0.05) is 29.3 Å². The topological polar surface area (TPSA) is 26.0 Å². The van der Waals surface area contributed by atoms with Crippen LogP contribution in [0.15, 0.2) is 40.8 Å². The maximum Gasteiger partial charge on any atom is 0.227 e. The van der Waals surface area contributed by atoms with Crippen LogP contribution in [-0.2, 0) is 5.88 Å². The zero-order valence-corrected chi connectivity index (χ0v) is 11.9. The van der Waals surface area contributed by atoms with E-state index in [4.69, 9.17) is 39.2 Å². The highest BCUT2D eigenvalue weighted by atomic mass is 35.5. The fraction of sp³-hybridized carbons (Fsp3) is 0.0714. The summed E-state index contributed by atoms with van der Waals surface area (Å²) in [6.45, 7) is 0. The number of benzene rings is 2. The number of alkyl halides is 1. The first-order valence-corrected chi connectivity index (χ1v) is 6.87. The lowest BCUT2D eigenvalue weighted by Crippen LogP contribution is -1.83. The Kier molecular flexibility index (Phi) is 3.40. The van der Waals surface area contributed by atoms with Crippen LogP contribution in [0.3, 0.4) is 0 Å². The molecule has 0 N–H and O–H groups in total. The van der Waals surface area contributed by atoms with E-state index in [1.807, 2.05) is 12.1 Å². The molecule has 5 heteroatoms. The summed E-state index contributed by atoms with van der Waals surface area (Å²) in [4.78, 5) is 4.40. The van der Waals surface area contributed by atoms with Gasteiger partial charge >= 0.3 is 0 Å². The molecule has 3 aromatic rings. The summed E-state index contributed by atoms with van der Waals surface area (Å²) in [6.07, 6.45) is 0. The lowest BCUT2D eigenvalue weighted by Gasteiger charge is -2.01. The third kappa shape index (κ3) is 2.44. The summed E-state index contributed by atoms with van der Waals surface area (Å²) in [5.74, 6) is 0.891. The van der Waals surface area contributed by atoms with Gasteiger partial charge in [-0.2, -0.15) is 0 Å². The first-order valence-electron chi connectivity index (χ1n) is 5.58. The average molecular weight is 313 g/mol. The summed E-state index contributed by atoms with van der Waals surface area (Å²) in [6, 6.07) is 10.9. The van der Waals surface area contributed by atoms with E-state index in [0.717, 1.165) is 16.6 Å². The van der Waals surface area contributed by atoms with E-state index in [-0.39, 0.29) is 0 Å². The van der Waals surface area contributed by atoms with Crippen LogP contribution in [0.1, 0.15) is 5.56 Å². The molecule has 2 nitrogen and oxygen atoms in total. The first-order chi connectivity index (χ1) is 9.17. The monoisotopic (exact) mass is 311 g/mol. The second kappa shape index (κ2) is 5.04. The predicted octanol–water partition coefficient (Wildman–Crippen LogP) is 5.54. The number of hydrogen-bond donors (Lipinski definition) is 0. The van der Waals surface area contributed by atoms with Gasteiger partial charge in [0.25, 0.3) is 0 Å². The van der Waals surface area contributed by atoms with Crippen molar-refractivity contribution in [3.8, 4) is 11.5 Å². The zero-order chi connectivity index (χ0) is 13.4. The maximum absolute atomic E-state index is 6.13. The zero-order valence-electron chi connectivity index (χ0n) is 9.66. The van der Waals surface area contributed by atoms with Crippen LogP contribution in [0.2, 0.25) is 10.0 Å². The van der Waals surface area contributed by atoms with E-state index in [1.165, 1.54) is 0 Å². The Balaban J connectivity index is 2.11. The number of fused-ring (bicyclic) bond motifs is 1. The van der Waals surface area contributed by atoms with Crippen molar-refractivity contribution in [1.29, 1.82) is 0 Å². The van der Waals surface area contributed by atoms with Crippen LogP contribution in [0.4, 0.5) is 0 Å². The van der Waals surface area contributed by atoms with Crippen LogP contribution in [0.5, 0.6) is 0 Å². The molecule has 0 fully saturated rings. The number of hydrogen-bond acceptors (Lipinski definition) is 2. The number of rotatable bonds is 2. The van der Waals surface area contributed by atoms with Crippen LogP contribution in [0.25, 0.3) is 22.6 Å². The molecular formula is C14H8Cl3NO. The Morgan fingerprint density at radius 1 is 1.05 bits per heavy atom. The summed E-state index contributed by atoms with van der Waals surface area (Å²) >= 11 is 17.8. The number of aromatic nitrogens is 1. The molecule has 0 aliphatic heterocycles. The molecule has 2 aromatic carbocycles. The molecule has 0 radical (unpaired) electrons. The minimum atomic E-state index is 0.377. The van der Waals surface area contributed by atoms with Crippen molar-refractivity contribution < 1.29 is 4.42 Å². The Bertz CT molecular complexity index is 752. The Hall–Kier alpha value is -1.22. The molecule has 96 valence electrons. The molecule has 1 aromatic heterocycles. The van der Waals surface area contributed by atoms with Crippen LogP contribution >= 0.6 is 34.8 Å². The highest BCUT2D eigenvalue weighted by molar-refractivity contribution is 6.32. The SMILES string of the molecule is ClCc1ccc(-c2nc3cc(Cl)ccc3o2)cc1Cl. The fourth-order valence-corrected chi connectivity index (χ4v) is 2.53. The molecular weight excluding hydrogens is 305 g/mol. The highest BCUT2D eigenvalue weighted by Gasteiger charge is 2.10. The third-order valence-electron chi connectivity index (χ3n) is 2.79. The average Bonchev–Trinajstić information content (AvgIpc) is 2.81. The van der Waals surface area contributed by atoms with Crippen molar-refractivity contribution in [2.45, 2.75) is 5.88 Å². The van der Waals surface area contributed by atoms with E-state index in [0.29, 0.717) is 27.4 Å². The van der Waals surface area contributed by atoms with Crippen molar-refractivity contribution >= 4 is 45.9 Å². The van der Waals surface area contributed by atoms with Gasteiger partial charge in [0.05, 0.1) is 0 Å². The molecule has 0 aliphatic rings. The van der Waals surface area contributed by atoms with Crippen LogP contribution < -0.4 is 0 Å². The summed E-state index contributed by atoms with van der Waals surface area (Å²) in [7, 11) is 0. The molecule has 0 saturated carbocycles. The van der Waals surface area contributed by atoms with Gasteiger partial charge in [-0.05, 0) is 35.9 Å². The molecule has 0 unspecified atom stereocenters. The molecule has 0 aliphatic carbocycles. The van der Waals surface area contributed by atoms with Gasteiger partial charge in [0.15, 0.2) is 5.58 Å². The van der Waals surface area contributed by atoms with E-state index in [1.54, 1.807) is 24.3 Å². The molecule has 0 atom stereocenters. The minimum Gasteiger partial charge on any atom is -0.436 e. The van der Waals surface area contributed by atoms with Crippen molar-refractivity contribution in [3.63, 3.8) is 0 Å². The van der Waals surface area contributed by atoms with Crippen LogP contribution in [-0.4, -0.2) is 4.98 Å². The second-order valence-electron chi connectivity index (χ2n) is 4.07. The predicted molar refractivity (Wildman–Crippen MR) is 79.0 cm³/mol. The molecule has 0 bridgehead atoms. The van der Waals surface area contributed by atoms with E-state index >= 15 is 0 Å². The standard InChI is InChI=1S/C14H8Cl3NO/c15-7-9-2-1-8(5-11(9)17)14-18-12-6-10(16)3-4-13(12)19-14/h1-6H,7H2. The van der Waals surface area contributed by atoms with Crippen molar-refractivity contribution in [2.75, 3.05) is 0 Å². The van der Waals surface area contributed by atoms with Gasteiger partial charge in [0.1, 0.15) is 5.52 Å². The molecule has 19 heavy (non-hydrogen) atoms. The Morgan fingerprint density at radius 2 is 1.89 bits per heavy atom. The fourth-order valence-electron chi connectivity index (χ4n) is 1.81.